The Morgan fingerprint density at radius 1 is 1.50 bits per heavy atom. The van der Waals surface area contributed by atoms with Crippen LogP contribution in [0.2, 0.25) is 0 Å². The van der Waals surface area contributed by atoms with E-state index in [1.807, 2.05) is 18.2 Å². The molecule has 84 valence electrons. The van der Waals surface area contributed by atoms with E-state index in [1.54, 1.807) is 0 Å². The van der Waals surface area contributed by atoms with Gasteiger partial charge in [0, 0.05) is 12.2 Å². The van der Waals surface area contributed by atoms with E-state index in [9.17, 15) is 9.59 Å². The predicted octanol–water partition coefficient (Wildman–Crippen LogP) is 0.355. The quantitative estimate of drug-likeness (QED) is 0.684. The van der Waals surface area contributed by atoms with Gasteiger partial charge in [0.1, 0.15) is 0 Å². The number of carboxylic acid groups (broad SMARTS) is 1. The largest absolute Gasteiger partial charge is 0.480 e. The summed E-state index contributed by atoms with van der Waals surface area (Å²) in [6.45, 7) is 0.433. The van der Waals surface area contributed by atoms with Crippen LogP contribution in [-0.2, 0) is 22.6 Å². The molecule has 3 N–H and O–H groups in total. The maximum Gasteiger partial charge on any atom is 0.317 e. The van der Waals surface area contributed by atoms with Crippen molar-refractivity contribution in [3.63, 3.8) is 0 Å². The predicted molar refractivity (Wildman–Crippen MR) is 58.1 cm³/mol. The van der Waals surface area contributed by atoms with E-state index in [2.05, 4.69) is 10.6 Å². The molecule has 16 heavy (non-hydrogen) atoms. The number of carbonyl (C=O) groups excluding carboxylic acids is 1. The molecule has 0 bridgehead atoms. The third kappa shape index (κ3) is 2.38. The minimum atomic E-state index is -0.877. The number of hydrogen-bond donors (Lipinski definition) is 3. The topological polar surface area (TPSA) is 78.4 Å². The van der Waals surface area contributed by atoms with Gasteiger partial charge in [-0.1, -0.05) is 12.1 Å². The molecule has 0 radical (unpaired) electrons. The van der Waals surface area contributed by atoms with Crippen LogP contribution in [0.1, 0.15) is 11.1 Å². The van der Waals surface area contributed by atoms with Crippen molar-refractivity contribution in [1.29, 1.82) is 0 Å². The van der Waals surface area contributed by atoms with E-state index in [-0.39, 0.29) is 12.5 Å². The summed E-state index contributed by atoms with van der Waals surface area (Å²) in [6, 6.07) is 5.64. The average Bonchev–Trinajstić information content (AvgIpc) is 2.56. The summed E-state index contributed by atoms with van der Waals surface area (Å²) >= 11 is 0. The van der Waals surface area contributed by atoms with Gasteiger partial charge in [-0.2, -0.15) is 0 Å². The van der Waals surface area contributed by atoms with Crippen molar-refractivity contribution in [1.82, 2.24) is 5.32 Å². The number of carbonyl (C=O) groups is 2. The van der Waals surface area contributed by atoms with Gasteiger partial charge in [-0.05, 0) is 17.2 Å². The first kappa shape index (κ1) is 10.6. The fraction of sp³-hybridized carbons (Fsp3) is 0.273. The molecule has 0 atom stereocenters. The molecule has 0 unspecified atom stereocenters. The Balaban J connectivity index is 1.99. The second-order valence-corrected chi connectivity index (χ2v) is 3.71. The maximum absolute atomic E-state index is 11.1. The highest BCUT2D eigenvalue weighted by Gasteiger charge is 2.17. The summed E-state index contributed by atoms with van der Waals surface area (Å²) in [5.74, 6) is -0.872. The van der Waals surface area contributed by atoms with Crippen molar-refractivity contribution in [3.8, 4) is 0 Å². The molecule has 2 rings (SSSR count). The number of nitrogens with one attached hydrogen (secondary N) is 2. The van der Waals surface area contributed by atoms with Crippen LogP contribution in [0.3, 0.4) is 0 Å². The van der Waals surface area contributed by atoms with Crippen LogP contribution in [0, 0.1) is 0 Å². The summed E-state index contributed by atoms with van der Waals surface area (Å²) in [5, 5.41) is 14.0. The molecule has 1 aliphatic rings. The highest BCUT2D eigenvalue weighted by atomic mass is 16.4. The average molecular weight is 220 g/mol. The lowest BCUT2D eigenvalue weighted by Gasteiger charge is -2.04. The minimum Gasteiger partial charge on any atom is -0.480 e. The van der Waals surface area contributed by atoms with Gasteiger partial charge in [-0.15, -0.1) is 0 Å². The Bertz CT molecular complexity index is 443. The Kier molecular flexibility index (Phi) is 2.87. The van der Waals surface area contributed by atoms with E-state index >= 15 is 0 Å². The molecule has 5 nitrogen and oxygen atoms in total. The van der Waals surface area contributed by atoms with E-state index in [0.717, 1.165) is 16.8 Å². The number of benzene rings is 1. The standard InChI is InChI=1S/C11H12N2O3/c14-10-4-8-3-7(1-2-9(8)13-10)5-12-6-11(15)16/h1-3,12H,4-6H2,(H,13,14)(H,15,16). The molecule has 1 heterocycles. The number of amides is 1. The maximum atomic E-state index is 11.1. The number of carboxylic acids is 1. The van der Waals surface area contributed by atoms with Crippen molar-refractivity contribution in [3.05, 3.63) is 29.3 Å². The Morgan fingerprint density at radius 3 is 3.06 bits per heavy atom. The second-order valence-electron chi connectivity index (χ2n) is 3.71. The lowest BCUT2D eigenvalue weighted by molar-refractivity contribution is -0.136. The first-order chi connectivity index (χ1) is 7.65. The van der Waals surface area contributed by atoms with Crippen molar-refractivity contribution >= 4 is 17.6 Å². The van der Waals surface area contributed by atoms with Crippen LogP contribution < -0.4 is 10.6 Å². The van der Waals surface area contributed by atoms with Gasteiger partial charge in [0.25, 0.3) is 0 Å². The third-order valence-electron chi connectivity index (χ3n) is 2.40. The van der Waals surface area contributed by atoms with Crippen molar-refractivity contribution in [2.45, 2.75) is 13.0 Å². The Morgan fingerprint density at radius 2 is 2.31 bits per heavy atom. The van der Waals surface area contributed by atoms with Crippen LogP contribution >= 0.6 is 0 Å². The lowest BCUT2D eigenvalue weighted by Crippen LogP contribution is -2.21. The van der Waals surface area contributed by atoms with E-state index in [4.69, 9.17) is 5.11 Å². The molecule has 0 aliphatic carbocycles. The zero-order chi connectivity index (χ0) is 11.5. The molecule has 0 saturated carbocycles. The smallest absolute Gasteiger partial charge is 0.317 e. The van der Waals surface area contributed by atoms with Crippen LogP contribution in [0.5, 0.6) is 0 Å². The molecule has 1 amide bonds. The highest BCUT2D eigenvalue weighted by molar-refractivity contribution is 5.99. The molecule has 0 fully saturated rings. The number of aliphatic carboxylic acids is 1. The Labute approximate surface area is 92.5 Å². The van der Waals surface area contributed by atoms with Gasteiger partial charge in [0.05, 0.1) is 13.0 Å². The molecule has 5 heteroatoms. The fourth-order valence-corrected chi connectivity index (χ4v) is 1.71. The van der Waals surface area contributed by atoms with Crippen molar-refractivity contribution < 1.29 is 14.7 Å². The molecule has 1 aliphatic heterocycles. The molecule has 0 saturated heterocycles. The third-order valence-corrected chi connectivity index (χ3v) is 2.40. The molecular weight excluding hydrogens is 208 g/mol. The molecule has 1 aromatic rings. The second kappa shape index (κ2) is 4.32. The normalized spacial score (nSPS) is 13.4. The fourth-order valence-electron chi connectivity index (χ4n) is 1.71. The molecule has 0 spiro atoms. The summed E-state index contributed by atoms with van der Waals surface area (Å²) in [7, 11) is 0. The Hall–Kier alpha value is -1.88. The monoisotopic (exact) mass is 220 g/mol. The first-order valence-corrected chi connectivity index (χ1v) is 4.99. The zero-order valence-corrected chi connectivity index (χ0v) is 8.62. The summed E-state index contributed by atoms with van der Waals surface area (Å²) < 4.78 is 0. The van der Waals surface area contributed by atoms with Crippen molar-refractivity contribution in [2.75, 3.05) is 11.9 Å². The lowest BCUT2D eigenvalue weighted by atomic mass is 10.1. The summed E-state index contributed by atoms with van der Waals surface area (Å²) in [5.41, 5.74) is 2.81. The van der Waals surface area contributed by atoms with E-state index in [1.165, 1.54) is 0 Å². The number of fused-ring (bicyclic) bond motifs is 1. The number of anilines is 1. The SMILES string of the molecule is O=C(O)CNCc1ccc2c(c1)CC(=O)N2. The molecule has 1 aromatic carbocycles. The minimum absolute atomic E-state index is 0.00523. The van der Waals surface area contributed by atoms with Gasteiger partial charge < -0.3 is 15.7 Å². The van der Waals surface area contributed by atoms with Gasteiger partial charge in [-0.3, -0.25) is 9.59 Å². The van der Waals surface area contributed by atoms with Crippen LogP contribution in [0.15, 0.2) is 18.2 Å². The van der Waals surface area contributed by atoms with Crippen LogP contribution in [-0.4, -0.2) is 23.5 Å². The summed E-state index contributed by atoms with van der Waals surface area (Å²) in [6.07, 6.45) is 0.405. The molecular formula is C11H12N2O3. The highest BCUT2D eigenvalue weighted by Crippen LogP contribution is 2.23. The van der Waals surface area contributed by atoms with Gasteiger partial charge in [0.2, 0.25) is 5.91 Å². The first-order valence-electron chi connectivity index (χ1n) is 4.99. The van der Waals surface area contributed by atoms with Crippen LogP contribution in [0.25, 0.3) is 0 Å². The number of hydrogen-bond acceptors (Lipinski definition) is 3. The summed E-state index contributed by atoms with van der Waals surface area (Å²) in [4.78, 5) is 21.4. The van der Waals surface area contributed by atoms with E-state index in [0.29, 0.717) is 13.0 Å². The van der Waals surface area contributed by atoms with Gasteiger partial charge in [-0.25, -0.2) is 0 Å². The zero-order valence-electron chi connectivity index (χ0n) is 8.62. The van der Waals surface area contributed by atoms with Crippen LogP contribution in [0.4, 0.5) is 5.69 Å². The van der Waals surface area contributed by atoms with Gasteiger partial charge in [0.15, 0.2) is 0 Å². The number of rotatable bonds is 4. The van der Waals surface area contributed by atoms with Crippen molar-refractivity contribution in [2.24, 2.45) is 0 Å². The molecule has 0 aromatic heterocycles. The van der Waals surface area contributed by atoms with Gasteiger partial charge >= 0.3 is 5.97 Å². The van der Waals surface area contributed by atoms with E-state index < -0.39 is 5.97 Å².